The van der Waals surface area contributed by atoms with Crippen molar-refractivity contribution in [3.05, 3.63) is 17.7 Å². The molecule has 2 rings (SSSR count). The number of fused-ring (bicyclic) bond motifs is 1. The standard InChI is InChI=1S/C7H9N3O/c1-5-6-2-3-8-7(11)10(6)4-9-5/h4H,2-3H2,1H3,(H,8,11). The van der Waals surface area contributed by atoms with E-state index in [1.165, 1.54) is 0 Å². The summed E-state index contributed by atoms with van der Waals surface area (Å²) in [5, 5.41) is 2.74. The molecular formula is C7H9N3O. The molecule has 4 heteroatoms. The average molecular weight is 151 g/mol. The molecule has 1 aromatic rings. The van der Waals surface area contributed by atoms with E-state index >= 15 is 0 Å². The van der Waals surface area contributed by atoms with Gasteiger partial charge in [0.1, 0.15) is 6.33 Å². The summed E-state index contributed by atoms with van der Waals surface area (Å²) < 4.78 is 1.57. The fraction of sp³-hybridized carbons (Fsp3) is 0.429. The molecule has 0 bridgehead atoms. The Morgan fingerprint density at radius 3 is 3.27 bits per heavy atom. The third-order valence-corrected chi connectivity index (χ3v) is 1.93. The highest BCUT2D eigenvalue weighted by Gasteiger charge is 2.17. The number of carbonyl (C=O) groups is 1. The molecule has 4 nitrogen and oxygen atoms in total. The highest BCUT2D eigenvalue weighted by atomic mass is 16.2. The van der Waals surface area contributed by atoms with Crippen LogP contribution in [0.2, 0.25) is 0 Å². The molecule has 1 amide bonds. The number of nitrogens with one attached hydrogen (secondary N) is 1. The van der Waals surface area contributed by atoms with Crippen LogP contribution in [0.15, 0.2) is 6.33 Å². The van der Waals surface area contributed by atoms with Crippen LogP contribution in [-0.4, -0.2) is 22.1 Å². The maximum Gasteiger partial charge on any atom is 0.327 e. The number of imidazole rings is 1. The molecule has 0 unspecified atom stereocenters. The molecule has 58 valence electrons. The molecule has 0 radical (unpaired) electrons. The summed E-state index contributed by atoms with van der Waals surface area (Å²) in [4.78, 5) is 15.2. The maximum absolute atomic E-state index is 11.1. The van der Waals surface area contributed by atoms with Crippen molar-refractivity contribution in [1.29, 1.82) is 0 Å². The van der Waals surface area contributed by atoms with Gasteiger partial charge in [-0.25, -0.2) is 9.78 Å². The topological polar surface area (TPSA) is 46.9 Å². The minimum atomic E-state index is -0.0631. The number of aromatic nitrogens is 2. The summed E-state index contributed by atoms with van der Waals surface area (Å²) in [5.41, 5.74) is 1.99. The predicted octanol–water partition coefficient (Wildman–Crippen LogP) is 0.305. The van der Waals surface area contributed by atoms with E-state index in [9.17, 15) is 4.79 Å². The van der Waals surface area contributed by atoms with Crippen molar-refractivity contribution in [2.45, 2.75) is 13.3 Å². The summed E-state index contributed by atoms with van der Waals surface area (Å²) >= 11 is 0. The van der Waals surface area contributed by atoms with Crippen molar-refractivity contribution in [2.75, 3.05) is 6.54 Å². The number of carbonyl (C=O) groups excluding carboxylic acids is 1. The van der Waals surface area contributed by atoms with E-state index in [1.54, 1.807) is 10.9 Å². The van der Waals surface area contributed by atoms with Gasteiger partial charge in [-0.15, -0.1) is 0 Å². The zero-order valence-corrected chi connectivity index (χ0v) is 6.29. The molecule has 0 fully saturated rings. The van der Waals surface area contributed by atoms with Gasteiger partial charge >= 0.3 is 6.03 Å². The van der Waals surface area contributed by atoms with E-state index in [1.807, 2.05) is 6.92 Å². The first-order valence-corrected chi connectivity index (χ1v) is 3.60. The third-order valence-electron chi connectivity index (χ3n) is 1.93. The van der Waals surface area contributed by atoms with Gasteiger partial charge in [0.2, 0.25) is 0 Å². The zero-order valence-electron chi connectivity index (χ0n) is 6.29. The predicted molar refractivity (Wildman–Crippen MR) is 39.5 cm³/mol. The Balaban J connectivity index is 2.55. The van der Waals surface area contributed by atoms with Crippen LogP contribution in [0, 0.1) is 6.92 Å². The van der Waals surface area contributed by atoms with Crippen molar-refractivity contribution in [3.8, 4) is 0 Å². The van der Waals surface area contributed by atoms with Crippen molar-refractivity contribution >= 4 is 6.03 Å². The third kappa shape index (κ3) is 0.824. The van der Waals surface area contributed by atoms with Crippen LogP contribution in [0.4, 0.5) is 4.79 Å². The summed E-state index contributed by atoms with van der Waals surface area (Å²) in [6, 6.07) is -0.0631. The van der Waals surface area contributed by atoms with Crippen LogP contribution in [0.5, 0.6) is 0 Å². The Morgan fingerprint density at radius 2 is 2.55 bits per heavy atom. The van der Waals surface area contributed by atoms with Crippen molar-refractivity contribution < 1.29 is 4.79 Å². The first-order valence-electron chi connectivity index (χ1n) is 3.60. The second-order valence-corrected chi connectivity index (χ2v) is 2.63. The van der Waals surface area contributed by atoms with Crippen molar-refractivity contribution in [2.24, 2.45) is 0 Å². The van der Waals surface area contributed by atoms with Gasteiger partial charge in [0.05, 0.1) is 11.4 Å². The largest absolute Gasteiger partial charge is 0.337 e. The van der Waals surface area contributed by atoms with Crippen LogP contribution in [0.25, 0.3) is 0 Å². The smallest absolute Gasteiger partial charge is 0.327 e. The zero-order chi connectivity index (χ0) is 7.84. The Hall–Kier alpha value is -1.32. The number of amides is 1. The Kier molecular flexibility index (Phi) is 1.21. The monoisotopic (exact) mass is 151 g/mol. The van der Waals surface area contributed by atoms with Gasteiger partial charge in [0.15, 0.2) is 0 Å². The van der Waals surface area contributed by atoms with Gasteiger partial charge in [-0.05, 0) is 6.92 Å². The lowest BCUT2D eigenvalue weighted by molar-refractivity contribution is 0.239. The molecule has 0 atom stereocenters. The second-order valence-electron chi connectivity index (χ2n) is 2.63. The minimum absolute atomic E-state index is 0.0631. The molecule has 0 aromatic carbocycles. The molecule has 1 aliphatic heterocycles. The van der Waals surface area contributed by atoms with Crippen LogP contribution >= 0.6 is 0 Å². The van der Waals surface area contributed by atoms with Gasteiger partial charge in [0.25, 0.3) is 0 Å². The Bertz CT molecular complexity index is 303. The minimum Gasteiger partial charge on any atom is -0.337 e. The van der Waals surface area contributed by atoms with E-state index in [-0.39, 0.29) is 6.03 Å². The molecule has 1 N–H and O–H groups in total. The number of hydrogen-bond acceptors (Lipinski definition) is 2. The number of hydrogen-bond donors (Lipinski definition) is 1. The second kappa shape index (κ2) is 2.08. The van der Waals surface area contributed by atoms with E-state index in [4.69, 9.17) is 0 Å². The average Bonchev–Trinajstić information content (AvgIpc) is 2.35. The molecule has 11 heavy (non-hydrogen) atoms. The van der Waals surface area contributed by atoms with E-state index in [0.717, 1.165) is 24.4 Å². The summed E-state index contributed by atoms with van der Waals surface area (Å²) in [7, 11) is 0. The van der Waals surface area contributed by atoms with Gasteiger partial charge in [-0.1, -0.05) is 0 Å². The molecule has 0 spiro atoms. The quantitative estimate of drug-likeness (QED) is 0.580. The van der Waals surface area contributed by atoms with Crippen LogP contribution < -0.4 is 5.32 Å². The molecule has 0 saturated heterocycles. The lowest BCUT2D eigenvalue weighted by atomic mass is 10.2. The number of nitrogens with zero attached hydrogens (tertiary/aromatic N) is 2. The van der Waals surface area contributed by atoms with Gasteiger partial charge in [-0.3, -0.25) is 4.57 Å². The fourth-order valence-corrected chi connectivity index (χ4v) is 1.31. The molecule has 0 aliphatic carbocycles. The van der Waals surface area contributed by atoms with Crippen molar-refractivity contribution in [1.82, 2.24) is 14.9 Å². The molecular weight excluding hydrogens is 142 g/mol. The van der Waals surface area contributed by atoms with Gasteiger partial charge in [0, 0.05) is 13.0 Å². The SMILES string of the molecule is Cc1ncn2c1CCNC2=O. The first kappa shape index (κ1) is 6.39. The van der Waals surface area contributed by atoms with Crippen LogP contribution in [0.1, 0.15) is 11.4 Å². The first-order chi connectivity index (χ1) is 5.29. The lowest BCUT2D eigenvalue weighted by Crippen LogP contribution is -2.36. The molecule has 1 aromatic heterocycles. The van der Waals surface area contributed by atoms with E-state index in [0.29, 0.717) is 0 Å². The highest BCUT2D eigenvalue weighted by molar-refractivity contribution is 5.78. The number of aryl methyl sites for hydroxylation is 1. The van der Waals surface area contributed by atoms with Crippen molar-refractivity contribution in [3.63, 3.8) is 0 Å². The molecule has 1 aliphatic rings. The normalized spacial score (nSPS) is 15.9. The van der Waals surface area contributed by atoms with E-state index < -0.39 is 0 Å². The maximum atomic E-state index is 11.1. The van der Waals surface area contributed by atoms with Gasteiger partial charge < -0.3 is 5.32 Å². The molecule has 2 heterocycles. The molecule has 0 saturated carbocycles. The fourth-order valence-electron chi connectivity index (χ4n) is 1.31. The van der Waals surface area contributed by atoms with Crippen LogP contribution in [-0.2, 0) is 6.42 Å². The number of rotatable bonds is 0. The Morgan fingerprint density at radius 1 is 1.73 bits per heavy atom. The summed E-state index contributed by atoms with van der Waals surface area (Å²) in [6.07, 6.45) is 2.46. The lowest BCUT2D eigenvalue weighted by Gasteiger charge is -2.14. The Labute approximate surface area is 64.2 Å². The highest BCUT2D eigenvalue weighted by Crippen LogP contribution is 2.09. The van der Waals surface area contributed by atoms with Crippen LogP contribution in [0.3, 0.4) is 0 Å². The van der Waals surface area contributed by atoms with E-state index in [2.05, 4.69) is 10.3 Å². The summed E-state index contributed by atoms with van der Waals surface area (Å²) in [6.45, 7) is 2.65. The summed E-state index contributed by atoms with van der Waals surface area (Å²) in [5.74, 6) is 0. The van der Waals surface area contributed by atoms with Gasteiger partial charge in [-0.2, -0.15) is 0 Å².